The smallest absolute Gasteiger partial charge is 0.258 e. The van der Waals surface area contributed by atoms with E-state index in [-0.39, 0.29) is 17.7 Å². The predicted octanol–water partition coefficient (Wildman–Crippen LogP) is 4.25. The van der Waals surface area contributed by atoms with Crippen LogP contribution in [0.2, 0.25) is 0 Å². The van der Waals surface area contributed by atoms with E-state index >= 15 is 0 Å². The zero-order valence-electron chi connectivity index (χ0n) is 15.6. The molecular weight excluding hydrogens is 370 g/mol. The lowest BCUT2D eigenvalue weighted by molar-refractivity contribution is 0.0981. The molecule has 1 atom stereocenters. The van der Waals surface area contributed by atoms with Crippen LogP contribution in [0.5, 0.6) is 0 Å². The number of carbonyl (C=O) groups excluding carboxylic acids is 1. The van der Waals surface area contributed by atoms with Gasteiger partial charge in [-0.25, -0.2) is 8.42 Å². The van der Waals surface area contributed by atoms with Crippen LogP contribution in [-0.2, 0) is 22.0 Å². The maximum absolute atomic E-state index is 13.0. The molecule has 0 radical (unpaired) electrons. The van der Waals surface area contributed by atoms with Crippen molar-refractivity contribution < 1.29 is 13.2 Å². The molecule has 0 aliphatic carbocycles. The Bertz CT molecular complexity index is 1110. The van der Waals surface area contributed by atoms with Crippen molar-refractivity contribution in [3.63, 3.8) is 0 Å². The van der Waals surface area contributed by atoms with Gasteiger partial charge in [-0.3, -0.25) is 4.79 Å². The van der Waals surface area contributed by atoms with Gasteiger partial charge < -0.3 is 4.90 Å². The standard InChI is InChI=1S/C23H21NO3S/c1-17-15-20-7-5-6-10-22(20)24(17)23(25)19-13-11-18(12-14-19)16-28(26,27)21-8-3-2-4-9-21/h2-14,17H,15-16H2,1H3. The van der Waals surface area contributed by atoms with Gasteiger partial charge in [-0.05, 0) is 54.8 Å². The Balaban J connectivity index is 1.55. The molecule has 0 spiro atoms. The van der Waals surface area contributed by atoms with E-state index in [9.17, 15) is 13.2 Å². The minimum absolute atomic E-state index is 0.0603. The van der Waals surface area contributed by atoms with E-state index < -0.39 is 9.84 Å². The third-order valence-corrected chi connectivity index (χ3v) is 6.79. The van der Waals surface area contributed by atoms with Crippen LogP contribution >= 0.6 is 0 Å². The molecule has 3 aromatic carbocycles. The SMILES string of the molecule is CC1Cc2ccccc2N1C(=O)c1ccc(CS(=O)(=O)c2ccccc2)cc1. The number of hydrogen-bond acceptors (Lipinski definition) is 3. The Morgan fingerprint density at radius 1 is 0.929 bits per heavy atom. The monoisotopic (exact) mass is 391 g/mol. The molecule has 0 N–H and O–H groups in total. The number of carbonyl (C=O) groups is 1. The number of para-hydroxylation sites is 1. The van der Waals surface area contributed by atoms with Gasteiger partial charge in [0.1, 0.15) is 0 Å². The molecule has 3 aromatic rings. The van der Waals surface area contributed by atoms with Crippen molar-refractivity contribution in [2.45, 2.75) is 30.0 Å². The van der Waals surface area contributed by atoms with E-state index in [0.29, 0.717) is 16.0 Å². The molecule has 1 heterocycles. The average molecular weight is 391 g/mol. The van der Waals surface area contributed by atoms with Crippen molar-refractivity contribution in [2.24, 2.45) is 0 Å². The van der Waals surface area contributed by atoms with Crippen molar-refractivity contribution in [1.82, 2.24) is 0 Å². The van der Waals surface area contributed by atoms with Gasteiger partial charge in [0.25, 0.3) is 5.91 Å². The van der Waals surface area contributed by atoms with Crippen LogP contribution in [0.1, 0.15) is 28.4 Å². The fourth-order valence-corrected chi connectivity index (χ4v) is 5.06. The molecule has 142 valence electrons. The molecule has 0 bridgehead atoms. The van der Waals surface area contributed by atoms with Crippen LogP contribution in [0.25, 0.3) is 0 Å². The Hall–Kier alpha value is -2.92. The highest BCUT2D eigenvalue weighted by molar-refractivity contribution is 7.90. The summed E-state index contributed by atoms with van der Waals surface area (Å²) in [6.45, 7) is 2.04. The molecular formula is C23H21NO3S. The zero-order chi connectivity index (χ0) is 19.7. The number of rotatable bonds is 4. The molecule has 4 rings (SSSR count). The van der Waals surface area contributed by atoms with Crippen LogP contribution in [0, 0.1) is 0 Å². The molecule has 1 aliphatic rings. The first kappa shape index (κ1) is 18.4. The summed E-state index contributed by atoms with van der Waals surface area (Å²) in [4.78, 5) is 15.2. The highest BCUT2D eigenvalue weighted by Crippen LogP contribution is 2.33. The molecule has 0 aromatic heterocycles. The van der Waals surface area contributed by atoms with E-state index in [4.69, 9.17) is 0 Å². The van der Waals surface area contributed by atoms with Gasteiger partial charge in [-0.2, -0.15) is 0 Å². The van der Waals surface area contributed by atoms with Gasteiger partial charge in [-0.1, -0.05) is 48.5 Å². The van der Waals surface area contributed by atoms with Gasteiger partial charge in [-0.15, -0.1) is 0 Å². The molecule has 1 aliphatic heterocycles. The summed E-state index contributed by atoms with van der Waals surface area (Å²) < 4.78 is 25.1. The Kier molecular flexibility index (Phi) is 4.77. The number of amides is 1. The number of sulfone groups is 1. The van der Waals surface area contributed by atoms with Gasteiger partial charge in [0.15, 0.2) is 9.84 Å². The maximum atomic E-state index is 13.0. The lowest BCUT2D eigenvalue weighted by Crippen LogP contribution is -2.35. The van der Waals surface area contributed by atoms with Crippen molar-refractivity contribution in [2.75, 3.05) is 4.90 Å². The summed E-state index contributed by atoms with van der Waals surface area (Å²) in [5.41, 5.74) is 3.35. The molecule has 4 nitrogen and oxygen atoms in total. The molecule has 0 saturated carbocycles. The van der Waals surface area contributed by atoms with Crippen molar-refractivity contribution in [3.05, 3.63) is 95.6 Å². The predicted molar refractivity (Wildman–Crippen MR) is 110 cm³/mol. The summed E-state index contributed by atoms with van der Waals surface area (Å²) in [6.07, 6.45) is 0.843. The number of nitrogens with zero attached hydrogens (tertiary/aromatic N) is 1. The maximum Gasteiger partial charge on any atom is 0.258 e. The second-order valence-electron chi connectivity index (χ2n) is 7.13. The van der Waals surface area contributed by atoms with Crippen LogP contribution in [0.4, 0.5) is 5.69 Å². The Labute approximate surface area is 165 Å². The molecule has 28 heavy (non-hydrogen) atoms. The Morgan fingerprint density at radius 3 is 2.29 bits per heavy atom. The third kappa shape index (κ3) is 3.45. The molecule has 5 heteroatoms. The first-order valence-corrected chi connectivity index (χ1v) is 10.9. The molecule has 0 fully saturated rings. The van der Waals surface area contributed by atoms with Crippen LogP contribution in [-0.4, -0.2) is 20.4 Å². The van der Waals surface area contributed by atoms with Crippen molar-refractivity contribution in [3.8, 4) is 0 Å². The van der Waals surface area contributed by atoms with Gasteiger partial charge in [0.2, 0.25) is 0 Å². The first-order valence-electron chi connectivity index (χ1n) is 9.24. The van der Waals surface area contributed by atoms with Gasteiger partial charge in [0, 0.05) is 17.3 Å². The minimum Gasteiger partial charge on any atom is -0.305 e. The lowest BCUT2D eigenvalue weighted by atomic mass is 10.1. The number of fused-ring (bicyclic) bond motifs is 1. The minimum atomic E-state index is -3.41. The lowest BCUT2D eigenvalue weighted by Gasteiger charge is -2.23. The fourth-order valence-electron chi connectivity index (χ4n) is 3.69. The quantitative estimate of drug-likeness (QED) is 0.668. The largest absolute Gasteiger partial charge is 0.305 e. The van der Waals surface area contributed by atoms with Crippen molar-refractivity contribution >= 4 is 21.4 Å². The highest BCUT2D eigenvalue weighted by Gasteiger charge is 2.31. The summed E-state index contributed by atoms with van der Waals surface area (Å²) in [5, 5.41) is 0. The first-order chi connectivity index (χ1) is 13.5. The summed E-state index contributed by atoms with van der Waals surface area (Å²) in [5.74, 6) is -0.149. The molecule has 0 saturated heterocycles. The fraction of sp³-hybridized carbons (Fsp3) is 0.174. The zero-order valence-corrected chi connectivity index (χ0v) is 16.4. The van der Waals surface area contributed by atoms with E-state index in [1.54, 1.807) is 54.6 Å². The summed E-state index contributed by atoms with van der Waals surface area (Å²) in [7, 11) is -3.41. The van der Waals surface area contributed by atoms with E-state index in [1.807, 2.05) is 30.0 Å². The topological polar surface area (TPSA) is 54.5 Å². The number of benzene rings is 3. The van der Waals surface area contributed by atoms with Crippen LogP contribution < -0.4 is 4.90 Å². The number of anilines is 1. The summed E-state index contributed by atoms with van der Waals surface area (Å²) >= 11 is 0. The van der Waals surface area contributed by atoms with Crippen LogP contribution in [0.15, 0.2) is 83.8 Å². The van der Waals surface area contributed by atoms with E-state index in [1.165, 1.54) is 5.56 Å². The van der Waals surface area contributed by atoms with Gasteiger partial charge >= 0.3 is 0 Å². The second-order valence-corrected chi connectivity index (χ2v) is 9.12. The Morgan fingerprint density at radius 2 is 1.57 bits per heavy atom. The van der Waals surface area contributed by atoms with E-state index in [2.05, 4.69) is 6.07 Å². The molecule has 1 unspecified atom stereocenters. The van der Waals surface area contributed by atoms with Crippen molar-refractivity contribution in [1.29, 1.82) is 0 Å². The number of hydrogen-bond donors (Lipinski definition) is 0. The van der Waals surface area contributed by atoms with Crippen LogP contribution in [0.3, 0.4) is 0 Å². The third-order valence-electron chi connectivity index (χ3n) is 5.09. The summed E-state index contributed by atoms with van der Waals surface area (Å²) in [6, 6.07) is 23.3. The van der Waals surface area contributed by atoms with E-state index in [0.717, 1.165) is 12.1 Å². The average Bonchev–Trinajstić information content (AvgIpc) is 3.04. The van der Waals surface area contributed by atoms with Gasteiger partial charge in [0.05, 0.1) is 10.6 Å². The highest BCUT2D eigenvalue weighted by atomic mass is 32.2. The molecule has 1 amide bonds. The normalized spacial score (nSPS) is 16.0. The second kappa shape index (κ2) is 7.24.